The van der Waals surface area contributed by atoms with Crippen LogP contribution in [0.3, 0.4) is 0 Å². The first-order valence-corrected chi connectivity index (χ1v) is 9.36. The number of phenols is 1. The summed E-state index contributed by atoms with van der Waals surface area (Å²) < 4.78 is 5.70. The third kappa shape index (κ3) is 5.07. The predicted octanol–water partition coefficient (Wildman–Crippen LogP) is 1.39. The van der Waals surface area contributed by atoms with E-state index in [0.29, 0.717) is 29.0 Å². The molecule has 1 heterocycles. The monoisotopic (exact) mass is 413 g/mol. The Morgan fingerprint density at radius 1 is 1.17 bits per heavy atom. The number of ether oxygens (including phenoxy) is 1. The molecule has 30 heavy (non-hydrogen) atoms. The molecule has 3 aromatic rings. The zero-order valence-electron chi connectivity index (χ0n) is 16.4. The molecule has 0 saturated carbocycles. The first-order chi connectivity index (χ1) is 14.4. The number of rotatable bonds is 9. The lowest BCUT2D eigenvalue weighted by atomic mass is 10.2. The highest BCUT2D eigenvalue weighted by Crippen LogP contribution is 2.30. The molecule has 0 aliphatic carbocycles. The smallest absolute Gasteiger partial charge is 0.248 e. The zero-order chi connectivity index (χ0) is 21.7. The lowest BCUT2D eigenvalue weighted by Gasteiger charge is -2.24. The molecule has 9 heteroatoms. The number of aliphatic hydroxyl groups excluding tert-OH is 1. The van der Waals surface area contributed by atoms with E-state index in [4.69, 9.17) is 15.3 Å². The van der Waals surface area contributed by atoms with Crippen molar-refractivity contribution in [3.8, 4) is 17.2 Å². The molecule has 0 aliphatic rings. The maximum absolute atomic E-state index is 11.5. The van der Waals surface area contributed by atoms with Gasteiger partial charge in [0, 0.05) is 23.6 Å². The Morgan fingerprint density at radius 2 is 1.90 bits per heavy atom. The van der Waals surface area contributed by atoms with Gasteiger partial charge in [-0.15, -0.1) is 5.06 Å². The van der Waals surface area contributed by atoms with E-state index in [-0.39, 0.29) is 30.0 Å². The van der Waals surface area contributed by atoms with Gasteiger partial charge in [0.15, 0.2) is 0 Å². The van der Waals surface area contributed by atoms with Gasteiger partial charge in [-0.3, -0.25) is 9.59 Å². The van der Waals surface area contributed by atoms with Crippen molar-refractivity contribution in [2.24, 2.45) is 5.73 Å². The summed E-state index contributed by atoms with van der Waals surface area (Å²) in [4.78, 5) is 30.9. The Labute approximate surface area is 172 Å². The molecule has 0 bridgehead atoms. The summed E-state index contributed by atoms with van der Waals surface area (Å²) in [5.41, 5.74) is 5.53. The molecular weight excluding hydrogens is 390 g/mol. The van der Waals surface area contributed by atoms with E-state index in [1.165, 1.54) is 12.1 Å². The number of H-pyrrole nitrogens is 1. The number of aromatic amines is 1. The fourth-order valence-electron chi connectivity index (χ4n) is 2.87. The number of amides is 1. The van der Waals surface area contributed by atoms with Gasteiger partial charge in [0.05, 0.1) is 12.1 Å². The summed E-state index contributed by atoms with van der Waals surface area (Å²) >= 11 is 0. The van der Waals surface area contributed by atoms with Crippen LogP contribution in [0.1, 0.15) is 17.3 Å². The molecule has 3 rings (SSSR count). The molecule has 5 N–H and O–H groups in total. The molecule has 0 saturated heterocycles. The largest absolute Gasteiger partial charge is 0.506 e. The van der Waals surface area contributed by atoms with Crippen molar-refractivity contribution in [1.29, 1.82) is 0 Å². The van der Waals surface area contributed by atoms with Crippen LogP contribution in [0.2, 0.25) is 0 Å². The van der Waals surface area contributed by atoms with E-state index in [2.05, 4.69) is 4.98 Å². The second kappa shape index (κ2) is 9.29. The number of primary amides is 1. The predicted molar refractivity (Wildman–Crippen MR) is 111 cm³/mol. The average Bonchev–Trinajstić information content (AvgIpc) is 2.73. The number of phenolic OH excluding ortho intramolecular Hbond substituents is 1. The molecule has 9 nitrogen and oxygen atoms in total. The Bertz CT molecular complexity index is 1080. The molecule has 0 radical (unpaired) electrons. The van der Waals surface area contributed by atoms with Gasteiger partial charge in [-0.2, -0.15) is 0 Å². The van der Waals surface area contributed by atoms with Crippen LogP contribution in [0.5, 0.6) is 17.2 Å². The summed E-state index contributed by atoms with van der Waals surface area (Å²) in [6, 6.07) is 12.2. The van der Waals surface area contributed by atoms with E-state index in [1.54, 1.807) is 41.5 Å². The second-order valence-corrected chi connectivity index (χ2v) is 6.62. The number of aromatic hydroxyl groups is 1. The number of aliphatic hydroxyl groups is 1. The first-order valence-electron chi connectivity index (χ1n) is 9.36. The van der Waals surface area contributed by atoms with Crippen molar-refractivity contribution in [2.75, 3.05) is 19.7 Å². The minimum atomic E-state index is -0.874. The number of aromatic nitrogens is 1. The van der Waals surface area contributed by atoms with Gasteiger partial charge in [-0.25, -0.2) is 0 Å². The van der Waals surface area contributed by atoms with Crippen LogP contribution < -0.4 is 20.9 Å². The van der Waals surface area contributed by atoms with Crippen LogP contribution in [0, 0.1) is 0 Å². The van der Waals surface area contributed by atoms with Gasteiger partial charge in [-0.05, 0) is 49.4 Å². The van der Waals surface area contributed by atoms with Crippen molar-refractivity contribution in [3.05, 3.63) is 64.4 Å². The number of carbonyl (C=O) groups excluding carboxylic acids is 1. The number of hydroxylamine groups is 2. The van der Waals surface area contributed by atoms with Crippen molar-refractivity contribution in [3.63, 3.8) is 0 Å². The molecule has 1 atom stereocenters. The average molecular weight is 413 g/mol. The van der Waals surface area contributed by atoms with E-state index in [1.807, 2.05) is 6.92 Å². The number of pyridine rings is 1. The molecule has 1 amide bonds. The van der Waals surface area contributed by atoms with Crippen LogP contribution in [-0.4, -0.2) is 52.0 Å². The number of hydrogen-bond donors (Lipinski definition) is 4. The lowest BCUT2D eigenvalue weighted by Crippen LogP contribution is -2.37. The van der Waals surface area contributed by atoms with Crippen LogP contribution >= 0.6 is 0 Å². The highest BCUT2D eigenvalue weighted by molar-refractivity contribution is 5.92. The third-order valence-electron chi connectivity index (χ3n) is 4.40. The fraction of sp³-hybridized carbons (Fsp3) is 0.238. The standard InChI is InChI=1S/C21H23N3O6/c1-2-24(30-15-5-3-13(4-6-15)21(22)28)11-14(25)12-29-18-9-8-17(26)20-16(18)7-10-19(27)23-20/h3-10,14,25-26H,2,11-12H2,1H3,(H2,22,28)(H,23,27). The molecule has 1 unspecified atom stereocenters. The molecule has 0 aliphatic heterocycles. The SMILES string of the molecule is CCN(CC(O)COc1ccc(O)c2[nH]c(=O)ccc12)Oc1ccc(C(N)=O)cc1. The highest BCUT2D eigenvalue weighted by Gasteiger charge is 2.15. The Hall–Kier alpha value is -3.56. The van der Waals surface area contributed by atoms with Crippen LogP contribution in [-0.2, 0) is 0 Å². The molecule has 0 fully saturated rings. The minimum Gasteiger partial charge on any atom is -0.506 e. The van der Waals surface area contributed by atoms with Gasteiger partial charge >= 0.3 is 0 Å². The van der Waals surface area contributed by atoms with Gasteiger partial charge < -0.3 is 30.5 Å². The van der Waals surface area contributed by atoms with E-state index in [0.717, 1.165) is 0 Å². The number of nitrogens with zero attached hydrogens (tertiary/aromatic N) is 1. The topological polar surface area (TPSA) is 138 Å². The summed E-state index contributed by atoms with van der Waals surface area (Å²) in [6.45, 7) is 2.51. The zero-order valence-corrected chi connectivity index (χ0v) is 16.4. The van der Waals surface area contributed by atoms with Crippen LogP contribution in [0.4, 0.5) is 0 Å². The van der Waals surface area contributed by atoms with Crippen LogP contribution in [0.15, 0.2) is 53.3 Å². The normalized spacial score (nSPS) is 12.1. The van der Waals surface area contributed by atoms with Crippen molar-refractivity contribution in [1.82, 2.24) is 10.0 Å². The van der Waals surface area contributed by atoms with Crippen LogP contribution in [0.25, 0.3) is 10.9 Å². The van der Waals surface area contributed by atoms with Gasteiger partial charge in [0.25, 0.3) is 0 Å². The molecule has 0 spiro atoms. The van der Waals surface area contributed by atoms with Crippen molar-refractivity contribution in [2.45, 2.75) is 13.0 Å². The number of carbonyl (C=O) groups is 1. The number of hydrogen-bond acceptors (Lipinski definition) is 7. The third-order valence-corrected chi connectivity index (χ3v) is 4.40. The number of nitrogens with one attached hydrogen (secondary N) is 1. The Balaban J connectivity index is 1.61. The van der Waals surface area contributed by atoms with Crippen molar-refractivity contribution < 1.29 is 24.6 Å². The van der Waals surface area contributed by atoms with E-state index < -0.39 is 12.0 Å². The number of likely N-dealkylation sites (N-methyl/N-ethyl adjacent to an activating group) is 1. The van der Waals surface area contributed by atoms with Gasteiger partial charge in [-0.1, -0.05) is 0 Å². The van der Waals surface area contributed by atoms with Crippen molar-refractivity contribution >= 4 is 16.8 Å². The van der Waals surface area contributed by atoms with E-state index in [9.17, 15) is 19.8 Å². The first kappa shape index (κ1) is 21.2. The summed E-state index contributed by atoms with van der Waals surface area (Å²) in [5.74, 6) is 0.336. The Morgan fingerprint density at radius 3 is 2.57 bits per heavy atom. The summed E-state index contributed by atoms with van der Waals surface area (Å²) in [5, 5.41) is 22.4. The minimum absolute atomic E-state index is 0.0283. The maximum Gasteiger partial charge on any atom is 0.248 e. The molecular formula is C21H23N3O6. The highest BCUT2D eigenvalue weighted by atomic mass is 16.7. The lowest BCUT2D eigenvalue weighted by molar-refractivity contribution is -0.0858. The summed E-state index contributed by atoms with van der Waals surface area (Å²) in [6.07, 6.45) is -0.874. The van der Waals surface area contributed by atoms with Gasteiger partial charge in [0.2, 0.25) is 11.5 Å². The fourth-order valence-corrected chi connectivity index (χ4v) is 2.87. The molecule has 2 aromatic carbocycles. The maximum atomic E-state index is 11.5. The summed E-state index contributed by atoms with van der Waals surface area (Å²) in [7, 11) is 0. The van der Waals surface area contributed by atoms with E-state index >= 15 is 0 Å². The quantitative estimate of drug-likeness (QED) is 0.389. The number of fused-ring (bicyclic) bond motifs is 1. The van der Waals surface area contributed by atoms with Gasteiger partial charge in [0.1, 0.15) is 30.0 Å². The molecule has 158 valence electrons. The Kier molecular flexibility index (Phi) is 6.55. The number of benzene rings is 2. The second-order valence-electron chi connectivity index (χ2n) is 6.62. The number of nitrogens with two attached hydrogens (primary N) is 1. The molecule has 1 aromatic heterocycles.